The zero-order valence-electron chi connectivity index (χ0n) is 9.01. The Hall–Kier alpha value is -1.07. The fraction of sp³-hybridized carbons (Fsp3) is 0.400. The molecule has 0 aliphatic heterocycles. The summed E-state index contributed by atoms with van der Waals surface area (Å²) in [5, 5.41) is 0. The molecule has 4 nitrogen and oxygen atoms in total. The van der Waals surface area contributed by atoms with Crippen LogP contribution in [0.5, 0.6) is 5.75 Å². The third kappa shape index (κ3) is 3.53. The van der Waals surface area contributed by atoms with Crippen molar-refractivity contribution in [2.24, 2.45) is 0 Å². The largest absolute Gasteiger partial charge is 0.491 e. The molecule has 0 amide bonds. The molecule has 0 spiro atoms. The van der Waals surface area contributed by atoms with E-state index < -0.39 is 11.3 Å². The number of hydrogen-bond donors (Lipinski definition) is 1. The molecule has 0 bridgehead atoms. The van der Waals surface area contributed by atoms with Gasteiger partial charge in [0.2, 0.25) is 0 Å². The summed E-state index contributed by atoms with van der Waals surface area (Å²) in [6.07, 6.45) is 0.126. The lowest BCUT2D eigenvalue weighted by Crippen LogP contribution is -2.18. The van der Waals surface area contributed by atoms with Gasteiger partial charge in [-0.3, -0.25) is 8.86 Å². The van der Waals surface area contributed by atoms with E-state index in [1.807, 2.05) is 13.8 Å². The maximum Gasteiger partial charge on any atom is 0.261 e. The summed E-state index contributed by atoms with van der Waals surface area (Å²) in [4.78, 5) is 0. The first-order valence-electron chi connectivity index (χ1n) is 4.62. The van der Waals surface area contributed by atoms with Gasteiger partial charge in [0, 0.05) is 7.05 Å². The van der Waals surface area contributed by atoms with Crippen LogP contribution in [0.2, 0.25) is 0 Å². The van der Waals surface area contributed by atoms with E-state index in [-0.39, 0.29) is 6.10 Å². The molecule has 1 N–H and O–H groups in total. The Morgan fingerprint density at radius 2 is 1.87 bits per heavy atom. The molecule has 0 fully saturated rings. The zero-order chi connectivity index (χ0) is 11.4. The predicted molar refractivity (Wildman–Crippen MR) is 61.4 cm³/mol. The van der Waals surface area contributed by atoms with Crippen LogP contribution in [0, 0.1) is 0 Å². The van der Waals surface area contributed by atoms with Gasteiger partial charge in [-0.1, -0.05) is 0 Å². The smallest absolute Gasteiger partial charge is 0.261 e. The highest BCUT2D eigenvalue weighted by molar-refractivity contribution is 7.80. The van der Waals surface area contributed by atoms with Crippen LogP contribution in [-0.4, -0.2) is 21.9 Å². The minimum atomic E-state index is -1.99. The summed E-state index contributed by atoms with van der Waals surface area (Å²) < 4.78 is 26.3. The predicted octanol–water partition coefficient (Wildman–Crippen LogP) is 2.05. The molecule has 0 saturated carbocycles. The van der Waals surface area contributed by atoms with Gasteiger partial charge in [-0.15, -0.1) is 0 Å². The molecule has 1 aromatic carbocycles. The van der Waals surface area contributed by atoms with Crippen molar-refractivity contribution in [1.82, 2.24) is 0 Å². The van der Waals surface area contributed by atoms with Crippen molar-refractivity contribution in [2.75, 3.05) is 11.4 Å². The molecule has 0 aliphatic rings. The highest BCUT2D eigenvalue weighted by Gasteiger charge is 2.06. The number of ether oxygens (including phenoxy) is 1. The number of benzene rings is 1. The number of rotatable bonds is 4. The fourth-order valence-electron chi connectivity index (χ4n) is 1.10. The molecule has 1 rings (SSSR count). The second kappa shape index (κ2) is 5.14. The van der Waals surface area contributed by atoms with Gasteiger partial charge < -0.3 is 4.74 Å². The van der Waals surface area contributed by atoms with E-state index >= 15 is 0 Å². The molecule has 5 heteroatoms. The summed E-state index contributed by atoms with van der Waals surface area (Å²) in [5.41, 5.74) is 0.673. The summed E-state index contributed by atoms with van der Waals surface area (Å²) >= 11 is -1.99. The van der Waals surface area contributed by atoms with Crippen molar-refractivity contribution >= 4 is 17.0 Å². The van der Waals surface area contributed by atoms with E-state index in [2.05, 4.69) is 0 Å². The molecule has 84 valence electrons. The van der Waals surface area contributed by atoms with E-state index in [4.69, 9.17) is 9.29 Å². The Morgan fingerprint density at radius 1 is 1.33 bits per heavy atom. The molecule has 1 aromatic rings. The zero-order valence-corrected chi connectivity index (χ0v) is 9.82. The van der Waals surface area contributed by atoms with E-state index in [9.17, 15) is 4.21 Å². The van der Waals surface area contributed by atoms with Crippen LogP contribution in [0.1, 0.15) is 13.8 Å². The van der Waals surface area contributed by atoms with Gasteiger partial charge in [0.15, 0.2) is 0 Å². The molecular weight excluding hydrogens is 214 g/mol. The number of anilines is 1. The second-order valence-corrected chi connectivity index (χ2v) is 4.40. The number of nitrogens with zero attached hydrogens (tertiary/aromatic N) is 1. The van der Waals surface area contributed by atoms with Crippen molar-refractivity contribution in [3.8, 4) is 5.75 Å². The quantitative estimate of drug-likeness (QED) is 0.804. The van der Waals surface area contributed by atoms with Crippen molar-refractivity contribution in [3.05, 3.63) is 24.3 Å². The van der Waals surface area contributed by atoms with Gasteiger partial charge in [-0.05, 0) is 38.1 Å². The summed E-state index contributed by atoms with van der Waals surface area (Å²) in [5.74, 6) is 0.755. The molecule has 1 unspecified atom stereocenters. The third-order valence-corrected chi connectivity index (χ3v) is 2.49. The average Bonchev–Trinajstić information content (AvgIpc) is 2.17. The molecule has 0 aliphatic carbocycles. The minimum Gasteiger partial charge on any atom is -0.491 e. The molecule has 0 heterocycles. The van der Waals surface area contributed by atoms with Gasteiger partial charge in [0.05, 0.1) is 11.8 Å². The average molecular weight is 229 g/mol. The summed E-state index contributed by atoms with van der Waals surface area (Å²) in [6, 6.07) is 7.04. The van der Waals surface area contributed by atoms with Crippen LogP contribution in [0.25, 0.3) is 0 Å². The highest BCUT2D eigenvalue weighted by atomic mass is 32.2. The van der Waals surface area contributed by atoms with Crippen molar-refractivity contribution in [2.45, 2.75) is 20.0 Å². The molecule has 0 saturated heterocycles. The third-order valence-electron chi connectivity index (χ3n) is 1.81. The minimum absolute atomic E-state index is 0.126. The Morgan fingerprint density at radius 3 is 2.27 bits per heavy atom. The van der Waals surface area contributed by atoms with E-state index in [0.717, 1.165) is 5.75 Å². The Kier molecular flexibility index (Phi) is 4.11. The van der Waals surface area contributed by atoms with Crippen molar-refractivity contribution < 1.29 is 13.5 Å². The lowest BCUT2D eigenvalue weighted by Gasteiger charge is -2.15. The van der Waals surface area contributed by atoms with Gasteiger partial charge in [-0.25, -0.2) is 4.21 Å². The first-order chi connectivity index (χ1) is 7.00. The van der Waals surface area contributed by atoms with Crippen LogP contribution in [0.3, 0.4) is 0 Å². The normalized spacial score (nSPS) is 12.6. The van der Waals surface area contributed by atoms with E-state index in [1.165, 1.54) is 4.31 Å². The van der Waals surface area contributed by atoms with Crippen molar-refractivity contribution in [3.63, 3.8) is 0 Å². The van der Waals surface area contributed by atoms with Gasteiger partial charge in [0.1, 0.15) is 5.75 Å². The van der Waals surface area contributed by atoms with Crippen LogP contribution < -0.4 is 9.04 Å². The van der Waals surface area contributed by atoms with Crippen molar-refractivity contribution in [1.29, 1.82) is 0 Å². The Labute approximate surface area is 92.3 Å². The Balaban J connectivity index is 2.76. The van der Waals surface area contributed by atoms with Crippen LogP contribution in [-0.2, 0) is 11.3 Å². The van der Waals surface area contributed by atoms with Crippen LogP contribution in [0.15, 0.2) is 24.3 Å². The lowest BCUT2D eigenvalue weighted by molar-refractivity contribution is 0.242. The first kappa shape index (κ1) is 12.0. The summed E-state index contributed by atoms with van der Waals surface area (Å²) in [6.45, 7) is 3.89. The maximum atomic E-state index is 10.8. The highest BCUT2D eigenvalue weighted by Crippen LogP contribution is 2.19. The lowest BCUT2D eigenvalue weighted by atomic mass is 10.3. The van der Waals surface area contributed by atoms with E-state index in [1.54, 1.807) is 31.3 Å². The van der Waals surface area contributed by atoms with E-state index in [0.29, 0.717) is 5.69 Å². The van der Waals surface area contributed by atoms with Gasteiger partial charge in [-0.2, -0.15) is 0 Å². The molecular formula is C10H15NO3S. The van der Waals surface area contributed by atoms with Gasteiger partial charge in [0.25, 0.3) is 11.3 Å². The topological polar surface area (TPSA) is 49.8 Å². The standard InChI is InChI=1S/C10H15NO3S/c1-8(2)14-10-6-4-9(5-7-10)11(3)15(12)13/h4-8H,1-3H3,(H,12,13). The molecule has 0 aromatic heterocycles. The Bertz CT molecular complexity index is 337. The van der Waals surface area contributed by atoms with Gasteiger partial charge >= 0.3 is 0 Å². The number of hydrogen-bond acceptors (Lipinski definition) is 2. The molecule has 0 radical (unpaired) electrons. The maximum absolute atomic E-state index is 10.8. The van der Waals surface area contributed by atoms with Crippen LogP contribution in [0.4, 0.5) is 5.69 Å². The molecule has 15 heavy (non-hydrogen) atoms. The summed E-state index contributed by atoms with van der Waals surface area (Å²) in [7, 11) is 1.55. The first-order valence-corrected chi connectivity index (χ1v) is 5.68. The SMILES string of the molecule is CC(C)Oc1ccc(N(C)S(=O)O)cc1. The fourth-order valence-corrected chi connectivity index (χ4v) is 1.40. The second-order valence-electron chi connectivity index (χ2n) is 3.39. The molecule has 1 atom stereocenters. The monoisotopic (exact) mass is 229 g/mol. The van der Waals surface area contributed by atoms with Crippen LogP contribution >= 0.6 is 0 Å².